The van der Waals surface area contributed by atoms with Crippen molar-refractivity contribution in [2.24, 2.45) is 4.99 Å². The lowest BCUT2D eigenvalue weighted by atomic mass is 9.83. The number of aliphatic imine (C=N–C) groups is 1. The summed E-state index contributed by atoms with van der Waals surface area (Å²) in [5.74, 6) is -1.09. The number of alkyl halides is 6. The molecule has 2 N–H and O–H groups in total. The zero-order valence-electron chi connectivity index (χ0n) is 30.3. The number of ether oxygens (including phenoxy) is 3. The number of nitrogens with one attached hydrogen (secondary N) is 1. The number of esters is 1. The van der Waals surface area contributed by atoms with Crippen LogP contribution in [0, 0.1) is 0 Å². The molecule has 4 aromatic rings. The standard InChI is InChI=1S/C41H40F6N2O6/c1-38(2,3)55-34(51)18-19-39(37(52)48-25-26-22-31(40(42,43)44)24-32(23-26)41(45,46)47)35(29-12-10-28(11-13-29)27-8-5-4-6-9-27)54-36(49-39)30-14-16-33(17-15-30)53-21-7-20-50/h4-6,8-17,22-24,35,50H,7,18-21,25H2,1-3H3,(H,48,52)/t35-,39-/m1/s1. The van der Waals surface area contributed by atoms with E-state index in [-0.39, 0.29) is 38.0 Å². The van der Waals surface area contributed by atoms with Gasteiger partial charge in [0, 0.05) is 31.6 Å². The first kappa shape index (κ1) is 40.8. The van der Waals surface area contributed by atoms with Gasteiger partial charge in [0.15, 0.2) is 11.6 Å². The molecule has 8 nitrogen and oxygen atoms in total. The van der Waals surface area contributed by atoms with Crippen molar-refractivity contribution < 1.29 is 55.2 Å². The number of nitrogens with zero attached hydrogens (tertiary/aromatic N) is 1. The molecule has 0 spiro atoms. The minimum absolute atomic E-state index is 0.00295. The van der Waals surface area contributed by atoms with Gasteiger partial charge in [0.2, 0.25) is 5.90 Å². The Kier molecular flexibility index (Phi) is 12.3. The van der Waals surface area contributed by atoms with E-state index in [1.54, 1.807) is 57.2 Å². The number of amides is 1. The highest BCUT2D eigenvalue weighted by Crippen LogP contribution is 2.44. The third kappa shape index (κ3) is 10.4. The van der Waals surface area contributed by atoms with Gasteiger partial charge >= 0.3 is 18.3 Å². The van der Waals surface area contributed by atoms with Crippen LogP contribution < -0.4 is 10.1 Å². The maximum absolute atomic E-state index is 14.5. The summed E-state index contributed by atoms with van der Waals surface area (Å²) in [4.78, 5) is 32.4. The molecule has 14 heteroatoms. The Morgan fingerprint density at radius 3 is 1.96 bits per heavy atom. The van der Waals surface area contributed by atoms with Crippen LogP contribution in [0.15, 0.2) is 102 Å². The van der Waals surface area contributed by atoms with Gasteiger partial charge in [-0.2, -0.15) is 26.3 Å². The largest absolute Gasteiger partial charge is 0.494 e. The molecule has 1 amide bonds. The Balaban J connectivity index is 1.57. The lowest BCUT2D eigenvalue weighted by Crippen LogP contribution is -2.48. The minimum atomic E-state index is -5.09. The summed E-state index contributed by atoms with van der Waals surface area (Å²) < 4.78 is 99.6. The van der Waals surface area contributed by atoms with Crippen LogP contribution in [0.1, 0.15) is 74.0 Å². The van der Waals surface area contributed by atoms with Gasteiger partial charge in [0.05, 0.1) is 17.7 Å². The summed E-state index contributed by atoms with van der Waals surface area (Å²) in [5.41, 5.74) is -3.72. The number of hydrogen-bond donors (Lipinski definition) is 2. The number of aliphatic hydroxyl groups is 1. The van der Waals surface area contributed by atoms with Gasteiger partial charge < -0.3 is 24.6 Å². The van der Waals surface area contributed by atoms with Crippen LogP contribution in [0.2, 0.25) is 0 Å². The SMILES string of the molecule is CC(C)(C)OC(=O)CC[C@@]1(C(=O)NCc2cc(C(F)(F)F)cc(C(F)(F)F)c2)N=C(c2ccc(OCCCO)cc2)O[C@@H]1c1ccc(-c2ccccc2)cc1. The first-order valence-electron chi connectivity index (χ1n) is 17.4. The molecule has 0 unspecified atom stereocenters. The second kappa shape index (κ2) is 16.6. The van der Waals surface area contributed by atoms with E-state index in [1.165, 1.54) is 0 Å². The Bertz CT molecular complexity index is 1940. The molecule has 292 valence electrons. The van der Waals surface area contributed by atoms with Crippen molar-refractivity contribution in [2.75, 3.05) is 13.2 Å². The molecule has 2 atom stereocenters. The third-order valence-electron chi connectivity index (χ3n) is 8.58. The van der Waals surface area contributed by atoms with E-state index in [4.69, 9.17) is 24.3 Å². The lowest BCUT2D eigenvalue weighted by Gasteiger charge is -2.31. The maximum Gasteiger partial charge on any atom is 0.416 e. The van der Waals surface area contributed by atoms with E-state index in [1.807, 2.05) is 42.5 Å². The van der Waals surface area contributed by atoms with Crippen LogP contribution in [0.25, 0.3) is 11.1 Å². The molecule has 1 heterocycles. The van der Waals surface area contributed by atoms with Crippen LogP contribution >= 0.6 is 0 Å². The van der Waals surface area contributed by atoms with E-state index in [2.05, 4.69) is 5.32 Å². The van der Waals surface area contributed by atoms with Crippen molar-refractivity contribution in [1.82, 2.24) is 5.32 Å². The quantitative estimate of drug-likeness (QED) is 0.0800. The molecule has 0 bridgehead atoms. The van der Waals surface area contributed by atoms with E-state index >= 15 is 0 Å². The number of aliphatic hydroxyl groups excluding tert-OH is 1. The van der Waals surface area contributed by atoms with E-state index < -0.39 is 64.7 Å². The highest BCUT2D eigenvalue weighted by Gasteiger charge is 2.53. The van der Waals surface area contributed by atoms with Crippen molar-refractivity contribution >= 4 is 17.8 Å². The second-order valence-electron chi connectivity index (χ2n) is 14.0. The monoisotopic (exact) mass is 770 g/mol. The van der Waals surface area contributed by atoms with Gasteiger partial charge in [-0.05, 0) is 91.9 Å². The van der Waals surface area contributed by atoms with Gasteiger partial charge in [0.25, 0.3) is 5.91 Å². The number of carbonyl (C=O) groups is 2. The third-order valence-corrected chi connectivity index (χ3v) is 8.58. The van der Waals surface area contributed by atoms with Crippen molar-refractivity contribution in [1.29, 1.82) is 0 Å². The zero-order valence-corrected chi connectivity index (χ0v) is 30.3. The predicted molar refractivity (Wildman–Crippen MR) is 192 cm³/mol. The molecule has 0 fully saturated rings. The van der Waals surface area contributed by atoms with Gasteiger partial charge in [-0.15, -0.1) is 0 Å². The van der Waals surface area contributed by atoms with Crippen molar-refractivity contribution in [3.63, 3.8) is 0 Å². The fourth-order valence-electron chi connectivity index (χ4n) is 5.99. The van der Waals surface area contributed by atoms with E-state index in [0.29, 0.717) is 35.4 Å². The summed E-state index contributed by atoms with van der Waals surface area (Å²) >= 11 is 0. The second-order valence-corrected chi connectivity index (χ2v) is 14.0. The minimum Gasteiger partial charge on any atom is -0.494 e. The summed E-state index contributed by atoms with van der Waals surface area (Å²) in [5, 5.41) is 11.6. The zero-order chi connectivity index (χ0) is 40.0. The number of halogens is 6. The normalized spacial score (nSPS) is 17.3. The molecule has 0 aromatic heterocycles. The maximum atomic E-state index is 14.5. The first-order chi connectivity index (χ1) is 25.9. The van der Waals surface area contributed by atoms with Crippen LogP contribution in [-0.2, 0) is 38.0 Å². The Hall–Kier alpha value is -5.37. The summed E-state index contributed by atoms with van der Waals surface area (Å²) in [6.07, 6.45) is -11.6. The highest BCUT2D eigenvalue weighted by molar-refractivity contribution is 6.01. The molecule has 0 saturated carbocycles. The molecule has 0 radical (unpaired) electrons. The highest BCUT2D eigenvalue weighted by atomic mass is 19.4. The van der Waals surface area contributed by atoms with Gasteiger partial charge in [-0.1, -0.05) is 54.6 Å². The fourth-order valence-corrected chi connectivity index (χ4v) is 5.99. The Morgan fingerprint density at radius 1 is 0.818 bits per heavy atom. The number of rotatable bonds is 13. The lowest BCUT2D eigenvalue weighted by molar-refractivity contribution is -0.155. The molecule has 1 aliphatic rings. The van der Waals surface area contributed by atoms with Crippen molar-refractivity contribution in [3.8, 4) is 16.9 Å². The molecule has 0 saturated heterocycles. The van der Waals surface area contributed by atoms with Crippen LogP contribution in [0.4, 0.5) is 26.3 Å². The molecule has 4 aromatic carbocycles. The van der Waals surface area contributed by atoms with E-state index in [9.17, 15) is 35.9 Å². The van der Waals surface area contributed by atoms with Gasteiger partial charge in [-0.3, -0.25) is 9.59 Å². The van der Waals surface area contributed by atoms with E-state index in [0.717, 1.165) is 11.1 Å². The average molecular weight is 771 g/mol. The van der Waals surface area contributed by atoms with Gasteiger partial charge in [0.1, 0.15) is 11.4 Å². The molecule has 0 aliphatic carbocycles. The smallest absolute Gasteiger partial charge is 0.416 e. The van der Waals surface area contributed by atoms with Crippen LogP contribution in [0.5, 0.6) is 5.75 Å². The fraction of sp³-hybridized carbons (Fsp3) is 0.341. The molecular weight excluding hydrogens is 730 g/mol. The van der Waals surface area contributed by atoms with Crippen LogP contribution in [-0.4, -0.2) is 47.2 Å². The topological polar surface area (TPSA) is 106 Å². The Morgan fingerprint density at radius 2 is 1.40 bits per heavy atom. The van der Waals surface area contributed by atoms with Crippen molar-refractivity contribution in [2.45, 2.75) is 76.2 Å². The summed E-state index contributed by atoms with van der Waals surface area (Å²) in [6, 6.07) is 24.1. The van der Waals surface area contributed by atoms with Crippen LogP contribution in [0.3, 0.4) is 0 Å². The molecule has 1 aliphatic heterocycles. The average Bonchev–Trinajstić information content (AvgIpc) is 3.53. The number of hydrogen-bond acceptors (Lipinski definition) is 7. The Labute approximate surface area is 314 Å². The van der Waals surface area contributed by atoms with Gasteiger partial charge in [-0.25, -0.2) is 4.99 Å². The first-order valence-corrected chi connectivity index (χ1v) is 17.4. The summed E-state index contributed by atoms with van der Waals surface area (Å²) in [7, 11) is 0. The molecule has 5 rings (SSSR count). The number of carbonyl (C=O) groups excluding carboxylic acids is 2. The number of benzene rings is 4. The molecular formula is C41H40F6N2O6. The molecule has 55 heavy (non-hydrogen) atoms. The predicted octanol–water partition coefficient (Wildman–Crippen LogP) is 8.85. The van der Waals surface area contributed by atoms with Crippen molar-refractivity contribution in [3.05, 3.63) is 125 Å². The summed E-state index contributed by atoms with van der Waals surface area (Å²) in [6.45, 7) is 4.48.